The van der Waals surface area contributed by atoms with Crippen molar-refractivity contribution in [2.24, 2.45) is 0 Å². The highest BCUT2D eigenvalue weighted by molar-refractivity contribution is 5.89. The third-order valence-corrected chi connectivity index (χ3v) is 3.57. The largest absolute Gasteiger partial charge is 0.451 e. The average Bonchev–Trinajstić information content (AvgIpc) is 2.87. The van der Waals surface area contributed by atoms with Crippen molar-refractivity contribution in [3.8, 4) is 0 Å². The van der Waals surface area contributed by atoms with E-state index in [1.807, 2.05) is 30.3 Å². The molecule has 0 bridgehead atoms. The first-order valence-corrected chi connectivity index (χ1v) is 7.05. The lowest BCUT2D eigenvalue weighted by Gasteiger charge is -2.28. The predicted octanol–water partition coefficient (Wildman–Crippen LogP) is 2.30. The second-order valence-corrected chi connectivity index (χ2v) is 5.41. The summed E-state index contributed by atoms with van der Waals surface area (Å²) in [6, 6.07) is 9.16. The van der Waals surface area contributed by atoms with Crippen LogP contribution in [0.25, 0.3) is 0 Å². The minimum atomic E-state index is -0.953. The van der Waals surface area contributed by atoms with E-state index in [0.29, 0.717) is 12.8 Å². The van der Waals surface area contributed by atoms with Gasteiger partial charge in [-0.2, -0.15) is 0 Å². The molecule has 2 rings (SSSR count). The zero-order valence-electron chi connectivity index (χ0n) is 12.5. The van der Waals surface area contributed by atoms with Crippen LogP contribution >= 0.6 is 0 Å². The van der Waals surface area contributed by atoms with Gasteiger partial charge in [0.05, 0.1) is 6.42 Å². The summed E-state index contributed by atoms with van der Waals surface area (Å²) >= 11 is 0. The molecule has 0 amide bonds. The lowest BCUT2D eigenvalue weighted by molar-refractivity contribution is -0.170. The summed E-state index contributed by atoms with van der Waals surface area (Å²) in [5.41, 5.74) is 0.0347. The van der Waals surface area contributed by atoms with Crippen LogP contribution in [-0.4, -0.2) is 24.3 Å². The van der Waals surface area contributed by atoms with E-state index in [4.69, 9.17) is 9.47 Å². The molecule has 0 saturated heterocycles. The lowest BCUT2D eigenvalue weighted by atomic mass is 9.92. The van der Waals surface area contributed by atoms with Gasteiger partial charge >= 0.3 is 11.9 Å². The third kappa shape index (κ3) is 3.61. The van der Waals surface area contributed by atoms with E-state index < -0.39 is 24.1 Å². The molecule has 116 valence electrons. The fraction of sp³-hybridized carbons (Fsp3) is 0.353. The Kier molecular flexibility index (Phi) is 4.75. The number of ether oxygens (including phenoxy) is 2. The SMILES string of the molecule is C=C(C)C(=O)OCC(=O)OC1(c2ccccc2)CCC(=O)C1. The second kappa shape index (κ2) is 6.56. The molecular weight excluding hydrogens is 284 g/mol. The highest BCUT2D eigenvalue weighted by atomic mass is 16.6. The number of carbonyl (C=O) groups is 3. The van der Waals surface area contributed by atoms with Gasteiger partial charge in [0.1, 0.15) is 11.4 Å². The van der Waals surface area contributed by atoms with E-state index in [1.54, 1.807) is 0 Å². The summed E-state index contributed by atoms with van der Waals surface area (Å²) in [4.78, 5) is 35.0. The van der Waals surface area contributed by atoms with Gasteiger partial charge < -0.3 is 9.47 Å². The number of hydrogen-bond donors (Lipinski definition) is 0. The normalized spacial score (nSPS) is 20.5. The number of hydrogen-bond acceptors (Lipinski definition) is 5. The molecule has 0 aliphatic heterocycles. The topological polar surface area (TPSA) is 69.7 Å². The smallest absolute Gasteiger partial charge is 0.345 e. The Labute approximate surface area is 128 Å². The van der Waals surface area contributed by atoms with Gasteiger partial charge in [0.25, 0.3) is 0 Å². The Morgan fingerprint density at radius 2 is 1.95 bits per heavy atom. The molecule has 5 nitrogen and oxygen atoms in total. The summed E-state index contributed by atoms with van der Waals surface area (Å²) in [7, 11) is 0. The number of Topliss-reactive ketones (excluding diaryl/α,β-unsaturated/α-hetero) is 1. The van der Waals surface area contributed by atoms with E-state index in [2.05, 4.69) is 6.58 Å². The molecule has 0 heterocycles. The molecule has 1 unspecified atom stereocenters. The van der Waals surface area contributed by atoms with Crippen LogP contribution in [0.3, 0.4) is 0 Å². The predicted molar refractivity (Wildman–Crippen MR) is 78.8 cm³/mol. The molecule has 0 aromatic heterocycles. The first kappa shape index (κ1) is 15.9. The van der Waals surface area contributed by atoms with Gasteiger partial charge in [0, 0.05) is 12.0 Å². The molecule has 5 heteroatoms. The van der Waals surface area contributed by atoms with Crippen molar-refractivity contribution in [1.82, 2.24) is 0 Å². The molecule has 1 aliphatic rings. The molecule has 1 saturated carbocycles. The van der Waals surface area contributed by atoms with Crippen LogP contribution in [0.15, 0.2) is 42.5 Å². The summed E-state index contributed by atoms with van der Waals surface area (Å²) in [5.74, 6) is -1.27. The standard InChI is InChI=1S/C17H18O5/c1-12(2)16(20)21-11-15(19)22-17(9-8-14(18)10-17)13-6-4-3-5-7-13/h3-7H,1,8-11H2,2H3. The Balaban J connectivity index is 2.08. The van der Waals surface area contributed by atoms with Gasteiger partial charge in [-0.05, 0) is 18.9 Å². The molecule has 1 aliphatic carbocycles. The second-order valence-electron chi connectivity index (χ2n) is 5.41. The number of rotatable bonds is 5. The zero-order valence-corrected chi connectivity index (χ0v) is 12.5. The first-order valence-electron chi connectivity index (χ1n) is 7.05. The molecule has 0 N–H and O–H groups in total. The number of benzene rings is 1. The Bertz CT molecular complexity index is 605. The van der Waals surface area contributed by atoms with Crippen LogP contribution in [0.4, 0.5) is 0 Å². The lowest BCUT2D eigenvalue weighted by Crippen LogP contribution is -2.32. The monoisotopic (exact) mass is 302 g/mol. The quantitative estimate of drug-likeness (QED) is 0.616. The molecule has 22 heavy (non-hydrogen) atoms. The zero-order chi connectivity index (χ0) is 16.2. The molecule has 1 aromatic rings. The minimum absolute atomic E-state index is 0.0515. The molecule has 1 fully saturated rings. The van der Waals surface area contributed by atoms with Gasteiger partial charge in [0.2, 0.25) is 0 Å². The maximum Gasteiger partial charge on any atom is 0.345 e. The van der Waals surface area contributed by atoms with Crippen LogP contribution in [-0.2, 0) is 29.5 Å². The summed E-state index contributed by atoms with van der Waals surface area (Å²) < 4.78 is 10.3. The van der Waals surface area contributed by atoms with Crippen molar-refractivity contribution in [1.29, 1.82) is 0 Å². The van der Waals surface area contributed by atoms with Crippen LogP contribution in [0.2, 0.25) is 0 Å². The average molecular weight is 302 g/mol. The van der Waals surface area contributed by atoms with Gasteiger partial charge in [-0.1, -0.05) is 36.9 Å². The Morgan fingerprint density at radius 1 is 1.27 bits per heavy atom. The van der Waals surface area contributed by atoms with E-state index >= 15 is 0 Å². The highest BCUT2D eigenvalue weighted by Crippen LogP contribution is 2.40. The van der Waals surface area contributed by atoms with E-state index in [0.717, 1.165) is 5.56 Å². The third-order valence-electron chi connectivity index (χ3n) is 3.57. The molecular formula is C17H18O5. The fourth-order valence-corrected chi connectivity index (χ4v) is 2.47. The molecule has 0 radical (unpaired) electrons. The van der Waals surface area contributed by atoms with E-state index in [9.17, 15) is 14.4 Å². The number of esters is 2. The maximum atomic E-state index is 12.0. The fourth-order valence-electron chi connectivity index (χ4n) is 2.47. The van der Waals surface area contributed by atoms with Crippen molar-refractivity contribution in [2.75, 3.05) is 6.61 Å². The van der Waals surface area contributed by atoms with Crippen molar-refractivity contribution in [3.05, 3.63) is 48.0 Å². The Hall–Kier alpha value is -2.43. The van der Waals surface area contributed by atoms with E-state index in [-0.39, 0.29) is 17.8 Å². The van der Waals surface area contributed by atoms with E-state index in [1.165, 1.54) is 6.92 Å². The summed E-state index contributed by atoms with van der Waals surface area (Å²) in [5, 5.41) is 0. The van der Waals surface area contributed by atoms with Gasteiger partial charge in [-0.15, -0.1) is 0 Å². The number of carbonyl (C=O) groups excluding carboxylic acids is 3. The number of ketones is 1. The van der Waals surface area contributed by atoms with Crippen molar-refractivity contribution in [2.45, 2.75) is 31.8 Å². The molecule has 1 aromatic carbocycles. The first-order chi connectivity index (χ1) is 10.4. The van der Waals surface area contributed by atoms with Crippen LogP contribution in [0.5, 0.6) is 0 Å². The van der Waals surface area contributed by atoms with Crippen molar-refractivity contribution in [3.63, 3.8) is 0 Å². The highest BCUT2D eigenvalue weighted by Gasteiger charge is 2.43. The van der Waals surface area contributed by atoms with Crippen LogP contribution in [0, 0.1) is 0 Å². The van der Waals surface area contributed by atoms with Crippen LogP contribution < -0.4 is 0 Å². The Morgan fingerprint density at radius 3 is 2.50 bits per heavy atom. The van der Waals surface area contributed by atoms with Gasteiger partial charge in [-0.3, -0.25) is 4.79 Å². The molecule has 1 atom stereocenters. The van der Waals surface area contributed by atoms with Gasteiger partial charge in [-0.25, -0.2) is 9.59 Å². The summed E-state index contributed by atoms with van der Waals surface area (Å²) in [6.45, 7) is 4.44. The maximum absolute atomic E-state index is 12.0. The molecule has 0 spiro atoms. The van der Waals surface area contributed by atoms with Gasteiger partial charge in [0.15, 0.2) is 6.61 Å². The minimum Gasteiger partial charge on any atom is -0.451 e. The summed E-state index contributed by atoms with van der Waals surface area (Å²) in [6.07, 6.45) is 0.959. The van der Waals surface area contributed by atoms with Crippen molar-refractivity contribution >= 4 is 17.7 Å². The van der Waals surface area contributed by atoms with Crippen molar-refractivity contribution < 1.29 is 23.9 Å². The van der Waals surface area contributed by atoms with Crippen LogP contribution in [0.1, 0.15) is 31.7 Å².